The molecule has 0 unspecified atom stereocenters. The van der Waals surface area contributed by atoms with E-state index in [9.17, 15) is 4.79 Å². The van der Waals surface area contributed by atoms with Crippen LogP contribution in [0.3, 0.4) is 0 Å². The molecule has 1 amide bonds. The van der Waals surface area contributed by atoms with Crippen LogP contribution in [0.1, 0.15) is 30.9 Å². The second-order valence-electron chi connectivity index (χ2n) is 7.37. The average molecular weight is 499 g/mol. The molecule has 2 fully saturated rings. The summed E-state index contributed by atoms with van der Waals surface area (Å²) in [5.41, 5.74) is 2.71. The van der Waals surface area contributed by atoms with E-state index in [0.29, 0.717) is 12.5 Å². The number of likely N-dealkylation sites (tertiary alicyclic amines) is 1. The predicted molar refractivity (Wildman–Crippen MR) is 125 cm³/mol. The normalized spacial score (nSPS) is 18.1. The van der Waals surface area contributed by atoms with Crippen molar-refractivity contribution in [3.8, 4) is 0 Å². The van der Waals surface area contributed by atoms with Crippen LogP contribution in [0.4, 0.5) is 0 Å². The molecule has 3 rings (SSSR count). The largest absolute Gasteiger partial charge is 0.352 e. The van der Waals surface area contributed by atoms with Gasteiger partial charge in [0.15, 0.2) is 5.96 Å². The first-order valence-corrected chi connectivity index (χ1v) is 10.2. The quantitative estimate of drug-likeness (QED) is 0.384. The predicted octanol–water partition coefficient (Wildman–Crippen LogP) is 2.18. The summed E-state index contributed by atoms with van der Waals surface area (Å²) in [4.78, 5) is 23.4. The van der Waals surface area contributed by atoms with Crippen LogP contribution in [0.5, 0.6) is 0 Å². The number of carbonyl (C=O) groups excluding carboxylic acids is 1. The lowest BCUT2D eigenvalue weighted by molar-refractivity contribution is -0.131. The molecule has 0 spiro atoms. The number of rotatable bonds is 5. The first-order chi connectivity index (χ1) is 13.2. The van der Waals surface area contributed by atoms with E-state index in [1.54, 1.807) is 0 Å². The molecule has 1 N–H and O–H groups in total. The number of amides is 1. The first-order valence-electron chi connectivity index (χ1n) is 10.2. The number of nitrogens with zero attached hydrogens (tertiary/aromatic N) is 4. The molecule has 1 aromatic rings. The number of hydrogen-bond acceptors (Lipinski definition) is 3. The Morgan fingerprint density at radius 2 is 1.64 bits per heavy atom. The SMILES string of the molecule is CCc1ccccc1CNC(=NC)N1CCN(CC(=O)N2CCCC2)CC1.I. The van der Waals surface area contributed by atoms with Gasteiger partial charge in [-0.3, -0.25) is 14.7 Å². The third-order valence-corrected chi connectivity index (χ3v) is 5.64. The van der Waals surface area contributed by atoms with Gasteiger partial charge in [-0.25, -0.2) is 0 Å². The van der Waals surface area contributed by atoms with Gasteiger partial charge in [-0.2, -0.15) is 0 Å². The molecule has 1 aromatic carbocycles. The number of hydrogen-bond donors (Lipinski definition) is 1. The standard InChI is InChI=1S/C21H33N5O.HI/c1-3-18-8-4-5-9-19(18)16-23-21(22-2)26-14-12-24(13-15-26)17-20(27)25-10-6-7-11-25;/h4-5,8-9H,3,6-7,10-17H2,1-2H3,(H,22,23);1H. The third kappa shape index (κ3) is 6.07. The van der Waals surface area contributed by atoms with Crippen molar-refractivity contribution < 1.29 is 4.79 Å². The van der Waals surface area contributed by atoms with Crippen LogP contribution in [0.25, 0.3) is 0 Å². The van der Waals surface area contributed by atoms with E-state index in [0.717, 1.165) is 71.0 Å². The van der Waals surface area contributed by atoms with Gasteiger partial charge in [-0.05, 0) is 30.4 Å². The summed E-state index contributed by atoms with van der Waals surface area (Å²) in [6.45, 7) is 9.05. The maximum Gasteiger partial charge on any atom is 0.236 e. The Morgan fingerprint density at radius 3 is 2.25 bits per heavy atom. The average Bonchev–Trinajstić information content (AvgIpc) is 3.25. The van der Waals surface area contributed by atoms with Crippen LogP contribution in [-0.2, 0) is 17.8 Å². The Balaban J connectivity index is 0.00000280. The summed E-state index contributed by atoms with van der Waals surface area (Å²) in [6, 6.07) is 8.56. The van der Waals surface area contributed by atoms with Gasteiger partial charge in [-0.15, -0.1) is 24.0 Å². The lowest BCUT2D eigenvalue weighted by Gasteiger charge is -2.36. The number of carbonyl (C=O) groups is 1. The van der Waals surface area contributed by atoms with Gasteiger partial charge >= 0.3 is 0 Å². The van der Waals surface area contributed by atoms with Crippen molar-refractivity contribution >= 4 is 35.8 Å². The van der Waals surface area contributed by atoms with E-state index in [4.69, 9.17) is 0 Å². The van der Waals surface area contributed by atoms with Crippen LogP contribution in [0.15, 0.2) is 29.3 Å². The van der Waals surface area contributed by atoms with Gasteiger partial charge in [0.25, 0.3) is 0 Å². The van der Waals surface area contributed by atoms with E-state index in [1.165, 1.54) is 11.1 Å². The van der Waals surface area contributed by atoms with Crippen LogP contribution in [-0.4, -0.2) is 79.4 Å². The molecule has 0 bridgehead atoms. The van der Waals surface area contributed by atoms with Crippen molar-refractivity contribution in [2.45, 2.75) is 32.7 Å². The molecule has 2 saturated heterocycles. The van der Waals surface area contributed by atoms with Gasteiger partial charge in [0.1, 0.15) is 0 Å². The molecule has 2 aliphatic heterocycles. The van der Waals surface area contributed by atoms with Gasteiger partial charge in [0.05, 0.1) is 6.54 Å². The number of benzene rings is 1. The highest BCUT2D eigenvalue weighted by Crippen LogP contribution is 2.11. The van der Waals surface area contributed by atoms with Gasteiger partial charge in [-0.1, -0.05) is 31.2 Å². The second-order valence-corrected chi connectivity index (χ2v) is 7.37. The maximum absolute atomic E-state index is 12.3. The number of nitrogens with one attached hydrogen (secondary N) is 1. The third-order valence-electron chi connectivity index (χ3n) is 5.64. The van der Waals surface area contributed by atoms with Crippen molar-refractivity contribution in [3.05, 3.63) is 35.4 Å². The van der Waals surface area contributed by atoms with E-state index in [1.807, 2.05) is 11.9 Å². The van der Waals surface area contributed by atoms with Crippen molar-refractivity contribution in [1.82, 2.24) is 20.0 Å². The maximum atomic E-state index is 12.3. The molecule has 7 heteroatoms. The molecule has 0 aromatic heterocycles. The smallest absolute Gasteiger partial charge is 0.236 e. The van der Waals surface area contributed by atoms with Gasteiger partial charge in [0.2, 0.25) is 5.91 Å². The lowest BCUT2D eigenvalue weighted by Crippen LogP contribution is -2.54. The summed E-state index contributed by atoms with van der Waals surface area (Å²) in [5, 5.41) is 3.51. The van der Waals surface area contributed by atoms with E-state index < -0.39 is 0 Å². The molecular formula is C21H34IN5O. The van der Waals surface area contributed by atoms with Crippen molar-refractivity contribution in [2.24, 2.45) is 4.99 Å². The fourth-order valence-electron chi connectivity index (χ4n) is 3.96. The Kier molecular flexibility index (Phi) is 9.50. The molecule has 0 radical (unpaired) electrons. The summed E-state index contributed by atoms with van der Waals surface area (Å²) in [6.07, 6.45) is 3.35. The zero-order chi connectivity index (χ0) is 19.1. The number of piperazine rings is 1. The molecule has 2 heterocycles. The van der Waals surface area contributed by atoms with E-state index >= 15 is 0 Å². The molecule has 0 saturated carbocycles. The molecule has 0 aliphatic carbocycles. The van der Waals surface area contributed by atoms with Crippen LogP contribution in [0.2, 0.25) is 0 Å². The fourth-order valence-corrected chi connectivity index (χ4v) is 3.96. The first kappa shape index (κ1) is 22.9. The zero-order valence-electron chi connectivity index (χ0n) is 17.2. The van der Waals surface area contributed by atoms with E-state index in [2.05, 4.69) is 51.3 Å². The molecule has 6 nitrogen and oxygen atoms in total. The number of guanidine groups is 1. The number of aliphatic imine (C=N–C) groups is 1. The highest BCUT2D eigenvalue weighted by molar-refractivity contribution is 14.0. The Bertz CT molecular complexity index is 652. The second kappa shape index (κ2) is 11.6. The molecule has 28 heavy (non-hydrogen) atoms. The Labute approximate surface area is 186 Å². The minimum atomic E-state index is 0. The molecule has 2 aliphatic rings. The minimum absolute atomic E-state index is 0. The topological polar surface area (TPSA) is 51.2 Å². The summed E-state index contributed by atoms with van der Waals surface area (Å²) in [5.74, 6) is 1.24. The zero-order valence-corrected chi connectivity index (χ0v) is 19.5. The Morgan fingerprint density at radius 1 is 1.00 bits per heavy atom. The molecule has 156 valence electrons. The van der Waals surface area contributed by atoms with Gasteiger partial charge < -0.3 is 15.1 Å². The highest BCUT2D eigenvalue weighted by Gasteiger charge is 2.24. The van der Waals surface area contributed by atoms with Crippen molar-refractivity contribution in [3.63, 3.8) is 0 Å². The number of aryl methyl sites for hydroxylation is 1. The summed E-state index contributed by atoms with van der Waals surface area (Å²) in [7, 11) is 1.84. The molecule has 0 atom stereocenters. The number of halogens is 1. The highest BCUT2D eigenvalue weighted by atomic mass is 127. The van der Waals surface area contributed by atoms with Gasteiger partial charge in [0, 0.05) is 52.9 Å². The Hall–Kier alpha value is -1.35. The van der Waals surface area contributed by atoms with Crippen LogP contribution < -0.4 is 5.32 Å². The summed E-state index contributed by atoms with van der Waals surface area (Å²) >= 11 is 0. The van der Waals surface area contributed by atoms with E-state index in [-0.39, 0.29) is 24.0 Å². The van der Waals surface area contributed by atoms with Crippen LogP contribution in [0, 0.1) is 0 Å². The summed E-state index contributed by atoms with van der Waals surface area (Å²) < 4.78 is 0. The fraction of sp³-hybridized carbons (Fsp3) is 0.619. The van der Waals surface area contributed by atoms with Crippen LogP contribution >= 0.6 is 24.0 Å². The lowest BCUT2D eigenvalue weighted by atomic mass is 10.1. The monoisotopic (exact) mass is 499 g/mol. The minimum Gasteiger partial charge on any atom is -0.352 e. The van der Waals surface area contributed by atoms with Crippen molar-refractivity contribution in [1.29, 1.82) is 0 Å². The van der Waals surface area contributed by atoms with Crippen molar-refractivity contribution in [2.75, 3.05) is 52.9 Å². The molecular weight excluding hydrogens is 465 g/mol.